The third kappa shape index (κ3) is 1.79. The Morgan fingerprint density at radius 2 is 2.33 bits per heavy atom. The number of nitrogens with zero attached hydrogens (tertiary/aromatic N) is 2. The molecule has 6 heteroatoms. The number of fused-ring (bicyclic) bond motifs is 1. The molecule has 0 aliphatic rings. The van der Waals surface area contributed by atoms with E-state index in [1.165, 1.54) is 7.11 Å². The number of rotatable bonds is 2. The van der Waals surface area contributed by atoms with Crippen molar-refractivity contribution in [3.8, 4) is 6.07 Å². The summed E-state index contributed by atoms with van der Waals surface area (Å²) in [5.41, 5.74) is 1.85. The largest absolute Gasteiger partial charge is 0.467 e. The molecule has 1 aromatic carbocycles. The minimum Gasteiger partial charge on any atom is -0.467 e. The van der Waals surface area contributed by atoms with Crippen LogP contribution in [0.1, 0.15) is 18.5 Å². The van der Waals surface area contributed by atoms with Crippen molar-refractivity contribution in [2.24, 2.45) is 0 Å². The maximum atomic E-state index is 11.6. The molecule has 2 rings (SSSR count). The van der Waals surface area contributed by atoms with Gasteiger partial charge in [0.2, 0.25) is 0 Å². The molecule has 0 spiro atoms. The number of H-pyrrole nitrogens is 1. The number of carbonyl (C=O) groups excluding carboxylic acids is 1. The molecule has 1 heterocycles. The van der Waals surface area contributed by atoms with Crippen LogP contribution in [0.4, 0.5) is 0 Å². The van der Waals surface area contributed by atoms with Crippen molar-refractivity contribution in [3.63, 3.8) is 0 Å². The number of esters is 1. The van der Waals surface area contributed by atoms with E-state index in [1.54, 1.807) is 23.6 Å². The second kappa shape index (κ2) is 4.63. The Hall–Kier alpha value is -2.13. The number of nitriles is 1. The van der Waals surface area contributed by atoms with Crippen molar-refractivity contribution in [1.82, 2.24) is 9.55 Å². The molecule has 1 aromatic heterocycles. The molecular weight excluding hydrogens is 250 g/mol. The number of ether oxygens (including phenoxy) is 1. The second-order valence-corrected chi connectivity index (χ2v) is 4.20. The quantitative estimate of drug-likeness (QED) is 0.665. The number of benzene rings is 1. The van der Waals surface area contributed by atoms with E-state index in [0.717, 1.165) is 5.52 Å². The van der Waals surface area contributed by atoms with Crippen molar-refractivity contribution in [2.75, 3.05) is 7.11 Å². The summed E-state index contributed by atoms with van der Waals surface area (Å²) in [6.45, 7) is 1.70. The van der Waals surface area contributed by atoms with E-state index in [9.17, 15) is 4.79 Å². The van der Waals surface area contributed by atoms with Crippen molar-refractivity contribution < 1.29 is 9.53 Å². The minimum atomic E-state index is -0.537. The molecule has 1 atom stereocenters. The van der Waals surface area contributed by atoms with Crippen molar-refractivity contribution >= 4 is 29.2 Å². The first kappa shape index (κ1) is 12.3. The number of hydrogen-bond acceptors (Lipinski definition) is 4. The first-order valence-electron chi connectivity index (χ1n) is 5.31. The molecule has 0 fully saturated rings. The monoisotopic (exact) mass is 261 g/mol. The van der Waals surface area contributed by atoms with Gasteiger partial charge in [-0.1, -0.05) is 6.07 Å². The molecule has 92 valence electrons. The highest BCUT2D eigenvalue weighted by molar-refractivity contribution is 7.71. The van der Waals surface area contributed by atoms with Gasteiger partial charge in [0.05, 0.1) is 23.7 Å². The van der Waals surface area contributed by atoms with Gasteiger partial charge in [-0.05, 0) is 31.3 Å². The van der Waals surface area contributed by atoms with Crippen molar-refractivity contribution in [2.45, 2.75) is 13.0 Å². The van der Waals surface area contributed by atoms with E-state index in [4.69, 9.17) is 22.2 Å². The van der Waals surface area contributed by atoms with E-state index in [2.05, 4.69) is 11.1 Å². The summed E-state index contributed by atoms with van der Waals surface area (Å²) in [6, 6.07) is 6.81. The zero-order chi connectivity index (χ0) is 13.3. The van der Waals surface area contributed by atoms with Gasteiger partial charge in [0, 0.05) is 0 Å². The van der Waals surface area contributed by atoms with Crippen LogP contribution >= 0.6 is 12.2 Å². The zero-order valence-electron chi connectivity index (χ0n) is 9.93. The Bertz CT molecular complexity index is 708. The number of hydrogen-bond donors (Lipinski definition) is 1. The summed E-state index contributed by atoms with van der Waals surface area (Å²) < 4.78 is 6.76. The summed E-state index contributed by atoms with van der Waals surface area (Å²) >= 11 is 5.19. The summed E-state index contributed by atoms with van der Waals surface area (Å²) in [6.07, 6.45) is 0. The predicted molar refractivity (Wildman–Crippen MR) is 68.6 cm³/mol. The van der Waals surface area contributed by atoms with Crippen LogP contribution in [-0.4, -0.2) is 22.6 Å². The molecule has 0 saturated carbocycles. The Labute approximate surface area is 109 Å². The van der Waals surface area contributed by atoms with E-state index in [1.807, 2.05) is 6.07 Å². The van der Waals surface area contributed by atoms with Gasteiger partial charge in [-0.25, -0.2) is 4.79 Å². The summed E-state index contributed by atoms with van der Waals surface area (Å²) in [7, 11) is 1.33. The van der Waals surface area contributed by atoms with Gasteiger partial charge in [0.1, 0.15) is 12.1 Å². The van der Waals surface area contributed by atoms with Gasteiger partial charge in [0.25, 0.3) is 0 Å². The molecule has 18 heavy (non-hydrogen) atoms. The Kier molecular flexibility index (Phi) is 3.17. The van der Waals surface area contributed by atoms with Gasteiger partial charge < -0.3 is 14.3 Å². The first-order chi connectivity index (χ1) is 8.60. The lowest BCUT2D eigenvalue weighted by molar-refractivity contribution is -0.143. The van der Waals surface area contributed by atoms with Crippen LogP contribution in [0.2, 0.25) is 0 Å². The average Bonchev–Trinajstić information content (AvgIpc) is 2.72. The zero-order valence-corrected chi connectivity index (χ0v) is 10.7. The highest BCUT2D eigenvalue weighted by Gasteiger charge is 2.19. The lowest BCUT2D eigenvalue weighted by atomic mass is 10.2. The lowest BCUT2D eigenvalue weighted by Gasteiger charge is -2.11. The Morgan fingerprint density at radius 3 is 2.94 bits per heavy atom. The maximum Gasteiger partial charge on any atom is 0.328 e. The number of para-hydroxylation sites is 1. The van der Waals surface area contributed by atoms with Crippen LogP contribution in [0.25, 0.3) is 11.0 Å². The molecular formula is C12H11N3O2S. The number of carbonyl (C=O) groups is 1. The molecule has 0 amide bonds. The fraction of sp³-hybridized carbons (Fsp3) is 0.250. The van der Waals surface area contributed by atoms with E-state index < -0.39 is 6.04 Å². The average molecular weight is 261 g/mol. The van der Waals surface area contributed by atoms with Gasteiger partial charge >= 0.3 is 5.97 Å². The van der Waals surface area contributed by atoms with Gasteiger partial charge in [0.15, 0.2) is 4.77 Å². The lowest BCUT2D eigenvalue weighted by Crippen LogP contribution is -2.17. The van der Waals surface area contributed by atoms with E-state index in [0.29, 0.717) is 15.9 Å². The third-order valence-corrected chi connectivity index (χ3v) is 3.10. The third-order valence-electron chi connectivity index (χ3n) is 2.80. The number of aromatic amines is 1. The van der Waals surface area contributed by atoms with Crippen LogP contribution in [0.15, 0.2) is 18.2 Å². The SMILES string of the molecule is COC(=O)C(C)n1c(=S)[nH]c2c(C#N)cccc21. The summed E-state index contributed by atoms with van der Waals surface area (Å²) in [5.74, 6) is -0.380. The first-order valence-corrected chi connectivity index (χ1v) is 5.72. The number of aromatic nitrogens is 2. The Morgan fingerprint density at radius 1 is 1.61 bits per heavy atom. The maximum absolute atomic E-state index is 11.6. The molecule has 1 unspecified atom stereocenters. The minimum absolute atomic E-state index is 0.380. The van der Waals surface area contributed by atoms with Gasteiger partial charge in [-0.2, -0.15) is 5.26 Å². The molecule has 5 nitrogen and oxygen atoms in total. The Balaban J connectivity index is 2.74. The second-order valence-electron chi connectivity index (χ2n) is 3.81. The molecule has 0 saturated heterocycles. The topological polar surface area (TPSA) is 70.8 Å². The highest BCUT2D eigenvalue weighted by atomic mass is 32.1. The molecule has 0 aliphatic carbocycles. The fourth-order valence-electron chi connectivity index (χ4n) is 1.90. The van der Waals surface area contributed by atoms with Gasteiger partial charge in [-0.3, -0.25) is 0 Å². The standard InChI is InChI=1S/C12H11N3O2S/c1-7(11(16)17-2)15-9-5-3-4-8(6-13)10(9)14-12(15)18/h3-5,7H,1-2H3,(H,14,18). The summed E-state index contributed by atoms with van der Waals surface area (Å²) in [4.78, 5) is 14.5. The smallest absolute Gasteiger partial charge is 0.328 e. The van der Waals surface area contributed by atoms with Crippen LogP contribution in [0.5, 0.6) is 0 Å². The molecule has 0 aliphatic heterocycles. The van der Waals surface area contributed by atoms with Crippen molar-refractivity contribution in [1.29, 1.82) is 5.26 Å². The van der Waals surface area contributed by atoms with Crippen molar-refractivity contribution in [3.05, 3.63) is 28.5 Å². The van der Waals surface area contributed by atoms with Gasteiger partial charge in [-0.15, -0.1) is 0 Å². The van der Waals surface area contributed by atoms with Crippen LogP contribution in [0, 0.1) is 16.1 Å². The number of imidazole rings is 1. The van der Waals surface area contributed by atoms with Crippen LogP contribution in [0.3, 0.4) is 0 Å². The number of methoxy groups -OCH3 is 1. The van der Waals surface area contributed by atoms with E-state index >= 15 is 0 Å². The molecule has 0 bridgehead atoms. The summed E-state index contributed by atoms with van der Waals surface area (Å²) in [5, 5.41) is 9.02. The van der Waals surface area contributed by atoms with Crippen LogP contribution in [-0.2, 0) is 9.53 Å². The molecule has 0 radical (unpaired) electrons. The molecule has 2 aromatic rings. The normalized spacial score (nSPS) is 12.1. The predicted octanol–water partition coefficient (Wildman–Crippen LogP) is 2.30. The molecule has 1 N–H and O–H groups in total. The number of nitrogens with one attached hydrogen (secondary N) is 1. The van der Waals surface area contributed by atoms with Crippen LogP contribution < -0.4 is 0 Å². The fourth-order valence-corrected chi connectivity index (χ4v) is 2.26. The highest BCUT2D eigenvalue weighted by Crippen LogP contribution is 2.22. The van der Waals surface area contributed by atoms with E-state index in [-0.39, 0.29) is 5.97 Å².